The van der Waals surface area contributed by atoms with E-state index >= 15 is 0 Å². The number of hydrogen-bond acceptors (Lipinski definition) is 3. The Kier molecular flexibility index (Phi) is 4.43. The average Bonchev–Trinajstić information content (AvgIpc) is 3.13. The highest BCUT2D eigenvalue weighted by molar-refractivity contribution is 6.00. The van der Waals surface area contributed by atoms with E-state index < -0.39 is 0 Å². The Bertz CT molecular complexity index is 939. The molecular formula is C22H23N3O. The van der Waals surface area contributed by atoms with E-state index in [1.807, 2.05) is 54.3 Å². The standard InChI is InChI=1S/C22H23N3O/c1-15-18-9-5-6-10-21(18)24-12-19(15)22(26)25-13-17(11-23)20(14-25)16-7-3-2-4-8-16/h2-10,12,17,20H,11,13-14,23H2,1H3/t17-,20+/m1/s1. The molecule has 4 nitrogen and oxygen atoms in total. The number of nitrogens with two attached hydrogens (primary N) is 1. The number of aromatic nitrogens is 1. The number of benzene rings is 2. The van der Waals surface area contributed by atoms with Crippen LogP contribution in [0.15, 0.2) is 60.8 Å². The van der Waals surface area contributed by atoms with Crippen molar-refractivity contribution in [1.29, 1.82) is 0 Å². The number of fused-ring (bicyclic) bond motifs is 1. The van der Waals surface area contributed by atoms with Crippen LogP contribution >= 0.6 is 0 Å². The quantitative estimate of drug-likeness (QED) is 0.792. The first-order valence-electron chi connectivity index (χ1n) is 9.07. The maximum atomic E-state index is 13.2. The largest absolute Gasteiger partial charge is 0.338 e. The van der Waals surface area contributed by atoms with E-state index in [1.54, 1.807) is 6.20 Å². The van der Waals surface area contributed by atoms with Crippen LogP contribution in [0, 0.1) is 12.8 Å². The van der Waals surface area contributed by atoms with Gasteiger partial charge in [0.15, 0.2) is 0 Å². The minimum atomic E-state index is 0.0534. The van der Waals surface area contributed by atoms with E-state index in [0.717, 1.165) is 16.5 Å². The zero-order valence-electron chi connectivity index (χ0n) is 14.9. The molecule has 0 spiro atoms. The van der Waals surface area contributed by atoms with Gasteiger partial charge in [0.05, 0.1) is 11.1 Å². The number of nitrogens with zero attached hydrogens (tertiary/aromatic N) is 2. The summed E-state index contributed by atoms with van der Waals surface area (Å²) in [6, 6.07) is 18.3. The van der Waals surface area contributed by atoms with Gasteiger partial charge >= 0.3 is 0 Å². The number of carbonyl (C=O) groups is 1. The predicted octanol–water partition coefficient (Wildman–Crippen LogP) is 3.36. The van der Waals surface area contributed by atoms with Gasteiger partial charge in [-0.05, 0) is 36.6 Å². The molecule has 1 amide bonds. The first kappa shape index (κ1) is 16.7. The summed E-state index contributed by atoms with van der Waals surface area (Å²) in [6.07, 6.45) is 1.72. The van der Waals surface area contributed by atoms with Gasteiger partial charge < -0.3 is 10.6 Å². The number of carbonyl (C=O) groups excluding carboxylic acids is 1. The molecule has 2 aromatic carbocycles. The minimum absolute atomic E-state index is 0.0534. The van der Waals surface area contributed by atoms with E-state index in [-0.39, 0.29) is 11.8 Å². The normalized spacial score (nSPS) is 19.8. The highest BCUT2D eigenvalue weighted by Crippen LogP contribution is 2.33. The van der Waals surface area contributed by atoms with Crippen molar-refractivity contribution < 1.29 is 4.79 Å². The smallest absolute Gasteiger partial charge is 0.255 e. The molecule has 0 bridgehead atoms. The van der Waals surface area contributed by atoms with Gasteiger partial charge in [0.25, 0.3) is 5.91 Å². The van der Waals surface area contributed by atoms with Crippen LogP contribution in [0.1, 0.15) is 27.4 Å². The van der Waals surface area contributed by atoms with Crippen LogP contribution in [-0.4, -0.2) is 35.4 Å². The topological polar surface area (TPSA) is 59.2 Å². The number of amides is 1. The third-order valence-electron chi connectivity index (χ3n) is 5.53. The van der Waals surface area contributed by atoms with Crippen LogP contribution in [0.5, 0.6) is 0 Å². The van der Waals surface area contributed by atoms with Gasteiger partial charge in [0, 0.05) is 30.6 Å². The summed E-state index contributed by atoms with van der Waals surface area (Å²) in [6.45, 7) is 3.98. The Hall–Kier alpha value is -2.72. The Morgan fingerprint density at radius 3 is 2.62 bits per heavy atom. The maximum absolute atomic E-state index is 13.2. The Morgan fingerprint density at radius 2 is 1.85 bits per heavy atom. The molecule has 1 aliphatic rings. The van der Waals surface area contributed by atoms with Crippen LogP contribution < -0.4 is 5.73 Å². The third kappa shape index (κ3) is 2.86. The molecule has 26 heavy (non-hydrogen) atoms. The van der Waals surface area contributed by atoms with Crippen molar-refractivity contribution in [3.05, 3.63) is 77.5 Å². The van der Waals surface area contributed by atoms with Gasteiger partial charge in [-0.3, -0.25) is 9.78 Å². The molecule has 0 saturated carbocycles. The van der Waals surface area contributed by atoms with E-state index in [1.165, 1.54) is 5.56 Å². The first-order valence-corrected chi connectivity index (χ1v) is 9.07. The fourth-order valence-electron chi connectivity index (χ4n) is 4.02. The number of rotatable bonds is 3. The summed E-state index contributed by atoms with van der Waals surface area (Å²) in [7, 11) is 0. The summed E-state index contributed by atoms with van der Waals surface area (Å²) >= 11 is 0. The Balaban J connectivity index is 1.64. The molecular weight excluding hydrogens is 322 g/mol. The number of aryl methyl sites for hydroxylation is 1. The summed E-state index contributed by atoms with van der Waals surface area (Å²) in [5.74, 6) is 0.631. The molecule has 2 atom stereocenters. The minimum Gasteiger partial charge on any atom is -0.338 e. The molecule has 1 aromatic heterocycles. The number of likely N-dealkylation sites (tertiary alicyclic amines) is 1. The van der Waals surface area contributed by atoms with Crippen molar-refractivity contribution in [3.63, 3.8) is 0 Å². The molecule has 0 unspecified atom stereocenters. The van der Waals surface area contributed by atoms with Gasteiger partial charge in [0.1, 0.15) is 0 Å². The second-order valence-electron chi connectivity index (χ2n) is 7.04. The van der Waals surface area contributed by atoms with Gasteiger partial charge in [-0.25, -0.2) is 0 Å². The molecule has 1 saturated heterocycles. The van der Waals surface area contributed by atoms with Crippen molar-refractivity contribution in [2.24, 2.45) is 11.7 Å². The summed E-state index contributed by atoms with van der Waals surface area (Å²) in [5, 5.41) is 1.03. The van der Waals surface area contributed by atoms with Crippen LogP contribution in [-0.2, 0) is 0 Å². The third-order valence-corrected chi connectivity index (χ3v) is 5.53. The lowest BCUT2D eigenvalue weighted by molar-refractivity contribution is 0.0785. The van der Waals surface area contributed by atoms with E-state index in [4.69, 9.17) is 5.73 Å². The van der Waals surface area contributed by atoms with Crippen molar-refractivity contribution in [2.75, 3.05) is 19.6 Å². The molecule has 132 valence electrons. The predicted molar refractivity (Wildman–Crippen MR) is 104 cm³/mol. The highest BCUT2D eigenvalue weighted by Gasteiger charge is 2.36. The van der Waals surface area contributed by atoms with E-state index in [0.29, 0.717) is 31.1 Å². The van der Waals surface area contributed by atoms with Crippen LogP contribution in [0.25, 0.3) is 10.9 Å². The Labute approximate surface area is 153 Å². The fourth-order valence-corrected chi connectivity index (χ4v) is 4.02. The van der Waals surface area contributed by atoms with Crippen LogP contribution in [0.2, 0.25) is 0 Å². The average molecular weight is 345 g/mol. The lowest BCUT2D eigenvalue weighted by Crippen LogP contribution is -2.30. The molecule has 4 heteroatoms. The van der Waals surface area contributed by atoms with Gasteiger partial charge in [-0.15, -0.1) is 0 Å². The zero-order chi connectivity index (χ0) is 18.1. The molecule has 1 aliphatic heterocycles. The molecule has 3 aromatic rings. The van der Waals surface area contributed by atoms with E-state index in [9.17, 15) is 4.79 Å². The van der Waals surface area contributed by atoms with Crippen molar-refractivity contribution in [1.82, 2.24) is 9.88 Å². The SMILES string of the molecule is Cc1c(C(=O)N2C[C@@H](CN)[C@H](c3ccccc3)C2)cnc2ccccc12. The second-order valence-corrected chi connectivity index (χ2v) is 7.04. The summed E-state index contributed by atoms with van der Waals surface area (Å²) in [4.78, 5) is 19.6. The van der Waals surface area contributed by atoms with Gasteiger partial charge in [0.2, 0.25) is 0 Å². The number of para-hydroxylation sites is 1. The van der Waals surface area contributed by atoms with Gasteiger partial charge in [-0.2, -0.15) is 0 Å². The molecule has 0 aliphatic carbocycles. The fraction of sp³-hybridized carbons (Fsp3) is 0.273. The van der Waals surface area contributed by atoms with Crippen molar-refractivity contribution >= 4 is 16.8 Å². The maximum Gasteiger partial charge on any atom is 0.255 e. The zero-order valence-corrected chi connectivity index (χ0v) is 14.9. The lowest BCUT2D eigenvalue weighted by Gasteiger charge is -2.18. The molecule has 1 fully saturated rings. The molecule has 4 rings (SSSR count). The van der Waals surface area contributed by atoms with Gasteiger partial charge in [-0.1, -0.05) is 48.5 Å². The number of hydrogen-bond donors (Lipinski definition) is 1. The summed E-state index contributed by atoms with van der Waals surface area (Å²) in [5.41, 5.74) is 9.88. The molecule has 0 radical (unpaired) electrons. The summed E-state index contributed by atoms with van der Waals surface area (Å²) < 4.78 is 0. The molecule has 2 N–H and O–H groups in total. The first-order chi connectivity index (χ1) is 12.7. The van der Waals surface area contributed by atoms with Crippen molar-refractivity contribution in [3.8, 4) is 0 Å². The van der Waals surface area contributed by atoms with E-state index in [2.05, 4.69) is 17.1 Å². The van der Waals surface area contributed by atoms with Crippen molar-refractivity contribution in [2.45, 2.75) is 12.8 Å². The monoisotopic (exact) mass is 345 g/mol. The Morgan fingerprint density at radius 1 is 1.12 bits per heavy atom. The highest BCUT2D eigenvalue weighted by atomic mass is 16.2. The van der Waals surface area contributed by atoms with Crippen LogP contribution in [0.3, 0.4) is 0 Å². The number of pyridine rings is 1. The molecule has 2 heterocycles. The lowest BCUT2D eigenvalue weighted by atomic mass is 9.89. The van der Waals surface area contributed by atoms with Crippen LogP contribution in [0.4, 0.5) is 0 Å². The second kappa shape index (κ2) is 6.89.